The van der Waals surface area contributed by atoms with Gasteiger partial charge in [0, 0.05) is 19.1 Å². The van der Waals surface area contributed by atoms with E-state index in [0.717, 1.165) is 19.4 Å². The van der Waals surface area contributed by atoms with Crippen LogP contribution in [0.2, 0.25) is 0 Å². The summed E-state index contributed by atoms with van der Waals surface area (Å²) in [5.41, 5.74) is 0. The van der Waals surface area contributed by atoms with Crippen molar-refractivity contribution in [3.05, 3.63) is 0 Å². The molecule has 1 heterocycles. The lowest BCUT2D eigenvalue weighted by molar-refractivity contribution is -0.141. The third kappa shape index (κ3) is 3.44. The van der Waals surface area contributed by atoms with Gasteiger partial charge in [-0.3, -0.25) is 4.79 Å². The van der Waals surface area contributed by atoms with Gasteiger partial charge in [-0.1, -0.05) is 19.8 Å². The minimum absolute atomic E-state index is 0.0682. The Morgan fingerprint density at radius 3 is 2.65 bits per heavy atom. The van der Waals surface area contributed by atoms with E-state index in [4.69, 9.17) is 5.11 Å². The van der Waals surface area contributed by atoms with E-state index in [2.05, 4.69) is 5.32 Å². The number of carbonyl (C=O) groups is 2. The number of aliphatic carboxylic acids is 1. The predicted molar refractivity (Wildman–Crippen MR) is 76.5 cm³/mol. The molecule has 2 N–H and O–H groups in total. The molecule has 0 aromatic heterocycles. The molecule has 0 radical (unpaired) electrons. The second kappa shape index (κ2) is 6.95. The van der Waals surface area contributed by atoms with Crippen molar-refractivity contribution in [1.82, 2.24) is 10.2 Å². The van der Waals surface area contributed by atoms with Crippen molar-refractivity contribution in [1.29, 1.82) is 0 Å². The van der Waals surface area contributed by atoms with Crippen LogP contribution in [-0.4, -0.2) is 41.1 Å². The Hall–Kier alpha value is -1.26. The molecule has 0 bridgehead atoms. The SMILES string of the molecule is CCC(CNC(=O)N1CCCC2CCCCC21)C(=O)O. The van der Waals surface area contributed by atoms with Crippen molar-refractivity contribution >= 4 is 12.0 Å². The number of hydrogen-bond donors (Lipinski definition) is 2. The zero-order chi connectivity index (χ0) is 14.5. The highest BCUT2D eigenvalue weighted by molar-refractivity contribution is 5.76. The lowest BCUT2D eigenvalue weighted by atomic mass is 9.78. The average molecular weight is 282 g/mol. The molecular weight excluding hydrogens is 256 g/mol. The maximum absolute atomic E-state index is 12.3. The largest absolute Gasteiger partial charge is 0.481 e. The maximum Gasteiger partial charge on any atom is 0.317 e. The number of carboxylic acids is 1. The normalized spacial score (nSPS) is 27.6. The lowest BCUT2D eigenvalue weighted by Gasteiger charge is -2.44. The summed E-state index contributed by atoms with van der Waals surface area (Å²) in [6, 6.07) is 0.309. The monoisotopic (exact) mass is 282 g/mol. The fourth-order valence-corrected chi connectivity index (χ4v) is 3.60. The zero-order valence-electron chi connectivity index (χ0n) is 12.3. The Labute approximate surface area is 120 Å². The third-order valence-corrected chi connectivity index (χ3v) is 4.85. The lowest BCUT2D eigenvalue weighted by Crippen LogP contribution is -2.53. The summed E-state index contributed by atoms with van der Waals surface area (Å²) in [5, 5.41) is 11.8. The first-order chi connectivity index (χ1) is 9.63. The summed E-state index contributed by atoms with van der Waals surface area (Å²) < 4.78 is 0. The summed E-state index contributed by atoms with van der Waals surface area (Å²) in [6.07, 6.45) is 7.69. The number of piperidine rings is 1. The number of nitrogens with one attached hydrogen (secondary N) is 1. The fraction of sp³-hybridized carbons (Fsp3) is 0.867. The van der Waals surface area contributed by atoms with Crippen LogP contribution in [0.4, 0.5) is 4.79 Å². The van der Waals surface area contributed by atoms with Gasteiger partial charge in [-0.25, -0.2) is 4.79 Å². The molecule has 3 atom stereocenters. The highest BCUT2D eigenvalue weighted by Crippen LogP contribution is 2.35. The third-order valence-electron chi connectivity index (χ3n) is 4.85. The van der Waals surface area contributed by atoms with Gasteiger partial charge >= 0.3 is 12.0 Å². The summed E-state index contributed by atoms with van der Waals surface area (Å²) in [4.78, 5) is 25.3. The van der Waals surface area contributed by atoms with E-state index in [1.54, 1.807) is 0 Å². The van der Waals surface area contributed by atoms with Crippen LogP contribution in [-0.2, 0) is 4.79 Å². The Balaban J connectivity index is 1.89. The summed E-state index contributed by atoms with van der Waals surface area (Å²) in [6.45, 7) is 2.89. The van der Waals surface area contributed by atoms with Crippen LogP contribution < -0.4 is 5.32 Å². The minimum Gasteiger partial charge on any atom is -0.481 e. The maximum atomic E-state index is 12.3. The van der Waals surface area contributed by atoms with Gasteiger partial charge in [-0.15, -0.1) is 0 Å². The molecule has 1 aliphatic heterocycles. The van der Waals surface area contributed by atoms with Crippen molar-refractivity contribution in [2.75, 3.05) is 13.1 Å². The quantitative estimate of drug-likeness (QED) is 0.832. The van der Waals surface area contributed by atoms with Crippen LogP contribution in [0.15, 0.2) is 0 Å². The molecule has 0 aromatic carbocycles. The van der Waals surface area contributed by atoms with Crippen LogP contribution in [0.3, 0.4) is 0 Å². The fourth-order valence-electron chi connectivity index (χ4n) is 3.60. The molecule has 2 aliphatic rings. The number of carbonyl (C=O) groups excluding carboxylic acids is 1. The molecule has 1 saturated carbocycles. The van der Waals surface area contributed by atoms with Gasteiger partial charge in [0.1, 0.15) is 0 Å². The van der Waals surface area contributed by atoms with Crippen molar-refractivity contribution in [3.8, 4) is 0 Å². The Morgan fingerprint density at radius 2 is 1.95 bits per heavy atom. The highest BCUT2D eigenvalue weighted by Gasteiger charge is 2.35. The van der Waals surface area contributed by atoms with Gasteiger partial charge in [-0.05, 0) is 38.0 Å². The molecule has 3 unspecified atom stereocenters. The van der Waals surface area contributed by atoms with Crippen molar-refractivity contribution in [2.45, 2.75) is 57.9 Å². The van der Waals surface area contributed by atoms with E-state index in [0.29, 0.717) is 18.4 Å². The van der Waals surface area contributed by atoms with Gasteiger partial charge in [0.25, 0.3) is 0 Å². The van der Waals surface area contributed by atoms with Crippen LogP contribution >= 0.6 is 0 Å². The van der Waals surface area contributed by atoms with Gasteiger partial charge in [0.15, 0.2) is 0 Å². The van der Waals surface area contributed by atoms with E-state index in [1.807, 2.05) is 11.8 Å². The van der Waals surface area contributed by atoms with Gasteiger partial charge in [0.05, 0.1) is 5.92 Å². The van der Waals surface area contributed by atoms with E-state index < -0.39 is 11.9 Å². The van der Waals surface area contributed by atoms with Crippen LogP contribution in [0, 0.1) is 11.8 Å². The molecule has 1 aliphatic carbocycles. The van der Waals surface area contributed by atoms with Gasteiger partial charge in [0.2, 0.25) is 0 Å². The molecule has 5 nitrogen and oxygen atoms in total. The molecule has 0 aromatic rings. The van der Waals surface area contributed by atoms with E-state index in [1.165, 1.54) is 25.7 Å². The summed E-state index contributed by atoms with van der Waals surface area (Å²) in [7, 11) is 0. The molecule has 0 spiro atoms. The van der Waals surface area contributed by atoms with E-state index in [9.17, 15) is 9.59 Å². The number of nitrogens with zero attached hydrogens (tertiary/aromatic N) is 1. The molecule has 114 valence electrons. The second-order valence-corrected chi connectivity index (χ2v) is 6.08. The molecule has 1 saturated heterocycles. The number of urea groups is 1. The van der Waals surface area contributed by atoms with E-state index >= 15 is 0 Å². The Bertz CT molecular complexity index is 357. The summed E-state index contributed by atoms with van der Waals surface area (Å²) in [5.74, 6) is -0.655. The number of hydrogen-bond acceptors (Lipinski definition) is 2. The smallest absolute Gasteiger partial charge is 0.317 e. The molecule has 2 amide bonds. The van der Waals surface area contributed by atoms with Gasteiger partial charge < -0.3 is 15.3 Å². The number of fused-ring (bicyclic) bond motifs is 1. The molecule has 5 heteroatoms. The Kier molecular flexibility index (Phi) is 5.26. The molecular formula is C15H26N2O3. The molecule has 2 rings (SSSR count). The number of rotatable bonds is 4. The van der Waals surface area contributed by atoms with Crippen molar-refractivity contribution in [3.63, 3.8) is 0 Å². The number of amides is 2. The first kappa shape index (κ1) is 15.1. The second-order valence-electron chi connectivity index (χ2n) is 6.08. The predicted octanol–water partition coefficient (Wildman–Crippen LogP) is 2.46. The number of likely N-dealkylation sites (tertiary alicyclic amines) is 1. The summed E-state index contributed by atoms with van der Waals surface area (Å²) >= 11 is 0. The first-order valence-electron chi connectivity index (χ1n) is 7.90. The number of carboxylic acid groups (broad SMARTS) is 1. The highest BCUT2D eigenvalue weighted by atomic mass is 16.4. The Morgan fingerprint density at radius 1 is 1.25 bits per heavy atom. The van der Waals surface area contributed by atoms with Crippen molar-refractivity contribution in [2.24, 2.45) is 11.8 Å². The zero-order valence-corrected chi connectivity index (χ0v) is 12.3. The van der Waals surface area contributed by atoms with Crippen LogP contribution in [0.5, 0.6) is 0 Å². The molecule has 20 heavy (non-hydrogen) atoms. The minimum atomic E-state index is -0.831. The topological polar surface area (TPSA) is 69.6 Å². The first-order valence-corrected chi connectivity index (χ1v) is 7.90. The van der Waals surface area contributed by atoms with Crippen molar-refractivity contribution < 1.29 is 14.7 Å². The average Bonchev–Trinajstić information content (AvgIpc) is 2.46. The molecule has 2 fully saturated rings. The van der Waals surface area contributed by atoms with Crippen LogP contribution in [0.1, 0.15) is 51.9 Å². The standard InChI is InChI=1S/C15H26N2O3/c1-2-11(14(18)19)10-16-15(20)17-9-5-7-12-6-3-4-8-13(12)17/h11-13H,2-10H2,1H3,(H,16,20)(H,18,19). The van der Waals surface area contributed by atoms with Crippen LogP contribution in [0.25, 0.3) is 0 Å². The van der Waals surface area contributed by atoms with E-state index in [-0.39, 0.29) is 12.6 Å². The van der Waals surface area contributed by atoms with Gasteiger partial charge in [-0.2, -0.15) is 0 Å².